The zero-order valence-corrected chi connectivity index (χ0v) is 35.0. The van der Waals surface area contributed by atoms with E-state index in [-0.39, 0.29) is 6.71 Å². The fraction of sp³-hybridized carbons (Fsp3) is 0.130. The van der Waals surface area contributed by atoms with Gasteiger partial charge in [0.1, 0.15) is 0 Å². The van der Waals surface area contributed by atoms with Gasteiger partial charge in [0.2, 0.25) is 0 Å². The molecule has 0 saturated carbocycles. The van der Waals surface area contributed by atoms with E-state index in [1.807, 2.05) is 0 Å². The van der Waals surface area contributed by atoms with E-state index in [1.54, 1.807) is 0 Å². The lowest BCUT2D eigenvalue weighted by atomic mass is 9.33. The van der Waals surface area contributed by atoms with Crippen LogP contribution in [0.5, 0.6) is 0 Å². The van der Waals surface area contributed by atoms with Gasteiger partial charge in [-0.3, -0.25) is 0 Å². The van der Waals surface area contributed by atoms with E-state index in [9.17, 15) is 0 Å². The number of hydrogen-bond acceptors (Lipinski definition) is 5. The Morgan fingerprint density at radius 1 is 0.475 bits per heavy atom. The molecule has 4 heterocycles. The Bertz CT molecular complexity index is 2900. The lowest BCUT2D eigenvalue weighted by Gasteiger charge is -2.44. The van der Waals surface area contributed by atoms with Crippen LogP contribution in [-0.4, -0.2) is 23.2 Å². The molecule has 3 aliphatic rings. The predicted octanol–water partition coefficient (Wildman–Crippen LogP) is 11.6. The van der Waals surface area contributed by atoms with Crippen LogP contribution in [0, 0.1) is 0 Å². The third kappa shape index (κ3) is 6.14. The molecule has 3 aliphatic heterocycles. The lowest BCUT2D eigenvalue weighted by Crippen LogP contribution is -2.61. The molecule has 8 aromatic rings. The lowest BCUT2D eigenvalue weighted by molar-refractivity contribution is 0.838. The Morgan fingerprint density at radius 3 is 1.52 bits per heavy atom. The number of nitrogens with zero attached hydrogens (tertiary/aromatic N) is 6. The van der Waals surface area contributed by atoms with Crippen LogP contribution in [0.15, 0.2) is 189 Å². The summed E-state index contributed by atoms with van der Waals surface area (Å²) in [6, 6.07) is 59.8. The van der Waals surface area contributed by atoms with Crippen molar-refractivity contribution < 1.29 is 0 Å². The first-order valence-corrected chi connectivity index (χ1v) is 21.5. The largest absolute Gasteiger partial charge is 0.328 e. The summed E-state index contributed by atoms with van der Waals surface area (Å²) in [6.45, 7) is 9.83. The third-order valence-corrected chi connectivity index (χ3v) is 12.6. The van der Waals surface area contributed by atoms with Crippen molar-refractivity contribution in [2.45, 2.75) is 39.5 Å². The van der Waals surface area contributed by atoms with Gasteiger partial charge >= 0.3 is 0 Å². The molecule has 0 amide bonds. The monoisotopic (exact) mass is 790 g/mol. The Labute approximate surface area is 359 Å². The summed E-state index contributed by atoms with van der Waals surface area (Å²) in [5.74, 6) is 0.784. The molecule has 296 valence electrons. The van der Waals surface area contributed by atoms with Gasteiger partial charge < -0.3 is 19.6 Å². The van der Waals surface area contributed by atoms with E-state index >= 15 is 0 Å². The summed E-state index contributed by atoms with van der Waals surface area (Å²) in [5, 5.41) is 5.09. The summed E-state index contributed by atoms with van der Waals surface area (Å²) in [5.41, 5.74) is 19.4. The van der Waals surface area contributed by atoms with Gasteiger partial charge in [0, 0.05) is 69.7 Å². The SMILES string of the molecule is CC(C)c1cccc(C(C)C)c1-c1cnn(-c2ccc3c(c2)B2c4cc(N5C=CN(c6ccccc6)C5)ccc4N(c4ccccc4)c4cccc(c42)N3c2ccccc2)c1. The van der Waals surface area contributed by atoms with Crippen LogP contribution < -0.4 is 36.0 Å². The molecule has 7 heteroatoms. The second-order valence-electron chi connectivity index (χ2n) is 17.0. The molecule has 0 spiro atoms. The summed E-state index contributed by atoms with van der Waals surface area (Å²) in [6.07, 6.45) is 8.67. The first-order chi connectivity index (χ1) is 29.9. The minimum absolute atomic E-state index is 0.0444. The number of benzene rings is 7. The Balaban J connectivity index is 1.11. The van der Waals surface area contributed by atoms with Gasteiger partial charge in [-0.05, 0) is 130 Å². The van der Waals surface area contributed by atoms with Gasteiger partial charge in [0.15, 0.2) is 0 Å². The van der Waals surface area contributed by atoms with Crippen LogP contribution in [0.2, 0.25) is 0 Å². The van der Waals surface area contributed by atoms with E-state index < -0.39 is 0 Å². The van der Waals surface area contributed by atoms with E-state index in [2.05, 4.69) is 241 Å². The summed E-state index contributed by atoms with van der Waals surface area (Å²) < 4.78 is 2.08. The van der Waals surface area contributed by atoms with Crippen molar-refractivity contribution in [2.24, 2.45) is 0 Å². The van der Waals surface area contributed by atoms with Gasteiger partial charge in [-0.2, -0.15) is 5.10 Å². The first-order valence-electron chi connectivity index (χ1n) is 21.5. The highest BCUT2D eigenvalue weighted by Gasteiger charge is 2.43. The van der Waals surface area contributed by atoms with Crippen molar-refractivity contribution in [3.8, 4) is 16.8 Å². The molecule has 11 rings (SSSR count). The van der Waals surface area contributed by atoms with Crippen molar-refractivity contribution in [1.82, 2.24) is 9.78 Å². The molecule has 0 aliphatic carbocycles. The van der Waals surface area contributed by atoms with Crippen LogP contribution in [0.4, 0.5) is 45.5 Å². The van der Waals surface area contributed by atoms with Crippen molar-refractivity contribution in [1.29, 1.82) is 0 Å². The number of rotatable bonds is 8. The van der Waals surface area contributed by atoms with Crippen LogP contribution in [0.1, 0.15) is 50.7 Å². The minimum atomic E-state index is -0.0444. The van der Waals surface area contributed by atoms with Crippen LogP contribution >= 0.6 is 0 Å². The topological polar surface area (TPSA) is 30.8 Å². The van der Waals surface area contributed by atoms with Gasteiger partial charge in [-0.1, -0.05) is 107 Å². The smallest absolute Gasteiger partial charge is 0.252 e. The van der Waals surface area contributed by atoms with Gasteiger partial charge in [-0.25, -0.2) is 4.68 Å². The standard InChI is InChI=1S/C54H47BN6/c1-37(2)45-22-14-23-46(38(3)4)53(45)39-34-56-59(35-39)44-27-29-50-48(33-44)55-47-32-43(58-31-30-57(36-58)40-16-8-5-9-17-40)26-28-49(47)60(41-18-10-6-11-19-41)51-24-15-25-52(54(51)55)61(50)42-20-12-7-13-21-42/h5-35,37-38H,36H2,1-4H3. The molecule has 0 unspecified atom stereocenters. The number of para-hydroxylation sites is 3. The van der Waals surface area contributed by atoms with Gasteiger partial charge in [0.05, 0.1) is 18.6 Å². The van der Waals surface area contributed by atoms with E-state index in [1.165, 1.54) is 61.5 Å². The normalized spacial score (nSPS) is 13.9. The zero-order chi connectivity index (χ0) is 41.2. The van der Waals surface area contributed by atoms with E-state index in [4.69, 9.17) is 5.10 Å². The molecular formula is C54H47BN6. The van der Waals surface area contributed by atoms with Crippen molar-refractivity contribution in [2.75, 3.05) is 26.3 Å². The zero-order valence-electron chi connectivity index (χ0n) is 35.0. The molecule has 7 aromatic carbocycles. The average molecular weight is 791 g/mol. The highest BCUT2D eigenvalue weighted by atomic mass is 15.3. The second-order valence-corrected chi connectivity index (χ2v) is 17.0. The average Bonchev–Trinajstić information content (AvgIpc) is 4.01. The number of fused-ring (bicyclic) bond motifs is 4. The minimum Gasteiger partial charge on any atom is -0.328 e. The Kier molecular flexibility index (Phi) is 8.92. The molecule has 0 radical (unpaired) electrons. The highest BCUT2D eigenvalue weighted by Crippen LogP contribution is 2.45. The predicted molar refractivity (Wildman–Crippen MR) is 257 cm³/mol. The molecule has 6 nitrogen and oxygen atoms in total. The second kappa shape index (κ2) is 14.8. The number of hydrogen-bond donors (Lipinski definition) is 0. The van der Waals surface area contributed by atoms with Crippen LogP contribution in [-0.2, 0) is 0 Å². The summed E-state index contributed by atoms with van der Waals surface area (Å²) in [4.78, 5) is 9.56. The molecule has 1 aromatic heterocycles. The first kappa shape index (κ1) is 36.8. The number of anilines is 8. The van der Waals surface area contributed by atoms with Crippen LogP contribution in [0.3, 0.4) is 0 Å². The maximum absolute atomic E-state index is 5.09. The van der Waals surface area contributed by atoms with Crippen LogP contribution in [0.25, 0.3) is 16.8 Å². The maximum Gasteiger partial charge on any atom is 0.252 e. The van der Waals surface area contributed by atoms with E-state index in [0.717, 1.165) is 35.0 Å². The van der Waals surface area contributed by atoms with Gasteiger partial charge in [-0.15, -0.1) is 0 Å². The van der Waals surface area contributed by atoms with Crippen molar-refractivity contribution in [3.63, 3.8) is 0 Å². The summed E-state index contributed by atoms with van der Waals surface area (Å²) >= 11 is 0. The molecule has 0 N–H and O–H groups in total. The molecular weight excluding hydrogens is 743 g/mol. The fourth-order valence-electron chi connectivity index (χ4n) is 9.80. The quantitative estimate of drug-likeness (QED) is 0.143. The molecule has 61 heavy (non-hydrogen) atoms. The highest BCUT2D eigenvalue weighted by molar-refractivity contribution is 7.00. The molecule has 0 fully saturated rings. The third-order valence-electron chi connectivity index (χ3n) is 12.6. The molecule has 0 saturated heterocycles. The Hall–Kier alpha value is -7.25. The van der Waals surface area contributed by atoms with Gasteiger partial charge in [0.25, 0.3) is 6.71 Å². The van der Waals surface area contributed by atoms with E-state index in [0.29, 0.717) is 11.8 Å². The fourth-order valence-corrected chi connectivity index (χ4v) is 9.80. The molecule has 0 atom stereocenters. The number of aromatic nitrogens is 2. The maximum atomic E-state index is 5.09. The van der Waals surface area contributed by atoms with Crippen molar-refractivity contribution >= 4 is 68.6 Å². The molecule has 0 bridgehead atoms. The van der Waals surface area contributed by atoms with Crippen molar-refractivity contribution in [3.05, 3.63) is 200 Å². The Morgan fingerprint density at radius 2 is 0.967 bits per heavy atom. The summed E-state index contributed by atoms with van der Waals surface area (Å²) in [7, 11) is 0.